The fraction of sp³-hybridized carbons (Fsp3) is 0.0667. The molecule has 302 valence electrons. The summed E-state index contributed by atoms with van der Waals surface area (Å²) in [6.45, 7) is 0. The third-order valence-corrected chi connectivity index (χ3v) is 14.3. The molecule has 0 amide bonds. The van der Waals surface area contributed by atoms with Gasteiger partial charge in [-0.2, -0.15) is 0 Å². The molecule has 0 fully saturated rings. The van der Waals surface area contributed by atoms with E-state index in [9.17, 15) is 0 Å². The van der Waals surface area contributed by atoms with E-state index in [1.807, 2.05) is 0 Å². The van der Waals surface area contributed by atoms with Gasteiger partial charge in [0.05, 0.1) is 39.1 Å². The lowest BCUT2D eigenvalue weighted by Crippen LogP contribution is -2.31. The van der Waals surface area contributed by atoms with Gasteiger partial charge in [0, 0.05) is 66.7 Å². The molecule has 0 spiro atoms. The van der Waals surface area contributed by atoms with Crippen molar-refractivity contribution >= 4 is 82.5 Å². The van der Waals surface area contributed by atoms with Crippen LogP contribution in [0.3, 0.4) is 0 Å². The Hall–Kier alpha value is -8.08. The van der Waals surface area contributed by atoms with Crippen LogP contribution in [0, 0.1) is 0 Å². The molecule has 0 saturated heterocycles. The number of nitrogens with zero attached hydrogens (tertiary/aromatic N) is 4. The zero-order chi connectivity index (χ0) is 41.9. The summed E-state index contributed by atoms with van der Waals surface area (Å²) >= 11 is 0. The van der Waals surface area contributed by atoms with E-state index in [0.29, 0.717) is 5.92 Å². The molecule has 0 saturated carbocycles. The van der Waals surface area contributed by atoms with Crippen LogP contribution < -0.4 is 4.90 Å². The Labute approximate surface area is 370 Å². The number of anilines is 2. The Morgan fingerprint density at radius 1 is 0.344 bits per heavy atom. The van der Waals surface area contributed by atoms with Gasteiger partial charge in [-0.05, 0) is 108 Å². The fourth-order valence-corrected chi connectivity index (χ4v) is 11.6. The maximum atomic E-state index is 2.59. The van der Waals surface area contributed by atoms with Crippen LogP contribution in [-0.2, 0) is 0 Å². The molecule has 4 heteroatoms. The lowest BCUT2D eigenvalue weighted by molar-refractivity contribution is 0.572. The molecule has 2 aliphatic rings. The number of hydrogen-bond acceptors (Lipinski definition) is 1. The summed E-state index contributed by atoms with van der Waals surface area (Å²) in [6.07, 6.45) is 4.72. The molecule has 0 N–H and O–H groups in total. The summed E-state index contributed by atoms with van der Waals surface area (Å²) in [4.78, 5) is 2.59. The SMILES string of the molecule is C1=C(n2c3ccccc3c3ccccc32)CCC2c3ccccc3N(c3ccc(-c4ccc(-n5c6ccccc6c6ccc(-n7c8ccccc8c8ccccc87)cc65)cc4)cc3)C12. The lowest BCUT2D eigenvalue weighted by Gasteiger charge is -2.33. The summed E-state index contributed by atoms with van der Waals surface area (Å²) in [5, 5.41) is 7.68. The Balaban J connectivity index is 0.830. The second-order valence-electron chi connectivity index (χ2n) is 17.6. The number of benzene rings is 9. The van der Waals surface area contributed by atoms with Crippen LogP contribution in [0.2, 0.25) is 0 Å². The van der Waals surface area contributed by atoms with Gasteiger partial charge in [0.25, 0.3) is 0 Å². The Bertz CT molecular complexity index is 3750. The number of rotatable bonds is 5. The van der Waals surface area contributed by atoms with Crippen molar-refractivity contribution in [3.05, 3.63) is 224 Å². The highest BCUT2D eigenvalue weighted by atomic mass is 15.2. The maximum absolute atomic E-state index is 2.59. The molecule has 9 aromatic carbocycles. The largest absolute Gasteiger partial charge is 0.334 e. The second kappa shape index (κ2) is 13.7. The molecule has 4 nitrogen and oxygen atoms in total. The van der Waals surface area contributed by atoms with Crippen molar-refractivity contribution in [2.45, 2.75) is 24.8 Å². The average molecular weight is 819 g/mol. The van der Waals surface area contributed by atoms with E-state index in [-0.39, 0.29) is 6.04 Å². The highest BCUT2D eigenvalue weighted by Gasteiger charge is 2.40. The van der Waals surface area contributed by atoms with Crippen LogP contribution in [0.5, 0.6) is 0 Å². The summed E-state index contributed by atoms with van der Waals surface area (Å²) in [7, 11) is 0. The molecule has 2 unspecified atom stereocenters. The molecule has 0 radical (unpaired) electrons. The van der Waals surface area contributed by atoms with Crippen LogP contribution >= 0.6 is 0 Å². The van der Waals surface area contributed by atoms with Crippen LogP contribution in [0.1, 0.15) is 24.3 Å². The number of allylic oxidation sites excluding steroid dienone is 1. The monoisotopic (exact) mass is 818 g/mol. The molecule has 12 aromatic rings. The van der Waals surface area contributed by atoms with Crippen LogP contribution in [-0.4, -0.2) is 19.7 Å². The first-order valence-electron chi connectivity index (χ1n) is 22.6. The van der Waals surface area contributed by atoms with E-state index in [1.165, 1.54) is 99.2 Å². The third-order valence-electron chi connectivity index (χ3n) is 14.3. The van der Waals surface area contributed by atoms with Crippen molar-refractivity contribution in [1.82, 2.24) is 13.7 Å². The predicted octanol–water partition coefficient (Wildman–Crippen LogP) is 15.6. The van der Waals surface area contributed by atoms with E-state index in [1.54, 1.807) is 0 Å². The van der Waals surface area contributed by atoms with Crippen molar-refractivity contribution in [3.8, 4) is 22.5 Å². The molecule has 4 heterocycles. The van der Waals surface area contributed by atoms with Crippen molar-refractivity contribution in [3.63, 3.8) is 0 Å². The molecule has 3 aromatic heterocycles. The van der Waals surface area contributed by atoms with E-state index in [2.05, 4.69) is 237 Å². The second-order valence-corrected chi connectivity index (χ2v) is 17.6. The molecule has 0 bridgehead atoms. The lowest BCUT2D eigenvalue weighted by atomic mass is 9.85. The first-order valence-corrected chi connectivity index (χ1v) is 22.6. The van der Waals surface area contributed by atoms with Crippen LogP contribution in [0.25, 0.3) is 93.6 Å². The van der Waals surface area contributed by atoms with Crippen molar-refractivity contribution in [2.24, 2.45) is 0 Å². The van der Waals surface area contributed by atoms with E-state index in [4.69, 9.17) is 0 Å². The first-order chi connectivity index (χ1) is 31.8. The van der Waals surface area contributed by atoms with Gasteiger partial charge in [-0.15, -0.1) is 0 Å². The number of para-hydroxylation sites is 6. The number of fused-ring (bicyclic) bond motifs is 12. The molecule has 14 rings (SSSR count). The highest BCUT2D eigenvalue weighted by molar-refractivity contribution is 6.12. The minimum Gasteiger partial charge on any atom is -0.334 e. The summed E-state index contributed by atoms with van der Waals surface area (Å²) in [5.41, 5.74) is 17.5. The fourth-order valence-electron chi connectivity index (χ4n) is 11.6. The highest BCUT2D eigenvalue weighted by Crippen LogP contribution is 2.51. The molecule has 1 aliphatic heterocycles. The van der Waals surface area contributed by atoms with Gasteiger partial charge >= 0.3 is 0 Å². The van der Waals surface area contributed by atoms with Crippen LogP contribution in [0.15, 0.2) is 218 Å². The van der Waals surface area contributed by atoms with E-state index >= 15 is 0 Å². The summed E-state index contributed by atoms with van der Waals surface area (Å²) in [6, 6.07) is 78.7. The average Bonchev–Trinajstić information content (AvgIpc) is 4.09. The van der Waals surface area contributed by atoms with Crippen molar-refractivity contribution < 1.29 is 0 Å². The third kappa shape index (κ3) is 5.11. The van der Waals surface area contributed by atoms with Gasteiger partial charge in [-0.25, -0.2) is 0 Å². The van der Waals surface area contributed by atoms with E-state index < -0.39 is 0 Å². The topological polar surface area (TPSA) is 18.0 Å². The maximum Gasteiger partial charge on any atom is 0.0611 e. The van der Waals surface area contributed by atoms with Gasteiger partial charge < -0.3 is 18.6 Å². The smallest absolute Gasteiger partial charge is 0.0611 e. The molecule has 2 atom stereocenters. The van der Waals surface area contributed by atoms with Crippen molar-refractivity contribution in [1.29, 1.82) is 0 Å². The number of hydrogen-bond donors (Lipinski definition) is 0. The van der Waals surface area contributed by atoms with Gasteiger partial charge in [0.1, 0.15) is 0 Å². The van der Waals surface area contributed by atoms with Gasteiger partial charge in [0.2, 0.25) is 0 Å². The van der Waals surface area contributed by atoms with Gasteiger partial charge in [0.15, 0.2) is 0 Å². The minimum atomic E-state index is 0.230. The Morgan fingerprint density at radius 3 is 1.31 bits per heavy atom. The predicted molar refractivity (Wildman–Crippen MR) is 269 cm³/mol. The Morgan fingerprint density at radius 2 is 0.766 bits per heavy atom. The standard InChI is InChI=1S/C60H42N4/c1-9-21-55-45(13-1)46-14-2-10-22-56(46)63(55)43-33-35-51-49-17-5-7-19-53(49)61(59(51)37-43)41-29-25-39(26-30-41)40-27-31-42(32-28-40)62-54-20-8-6-18-50(54)52-36-34-44(38-60(52)62)64-57-23-11-3-15-47(57)48-16-4-12-24-58(48)64/h1-33,35,37-38,52,60H,34,36H2. The van der Waals surface area contributed by atoms with Gasteiger partial charge in [-0.3, -0.25) is 0 Å². The van der Waals surface area contributed by atoms with Gasteiger partial charge in [-0.1, -0.05) is 140 Å². The zero-order valence-electron chi connectivity index (χ0n) is 35.1. The van der Waals surface area contributed by atoms with E-state index in [0.717, 1.165) is 24.2 Å². The summed E-state index contributed by atoms with van der Waals surface area (Å²) < 4.78 is 7.37. The molecule has 1 aliphatic carbocycles. The Kier molecular flexibility index (Phi) is 7.61. The minimum absolute atomic E-state index is 0.230. The normalized spacial score (nSPS) is 16.1. The van der Waals surface area contributed by atoms with Crippen molar-refractivity contribution in [2.75, 3.05) is 4.90 Å². The number of aromatic nitrogens is 3. The molecular formula is C60H42N4. The summed E-state index contributed by atoms with van der Waals surface area (Å²) in [5.74, 6) is 0.444. The molecule has 64 heavy (non-hydrogen) atoms. The van der Waals surface area contributed by atoms with Crippen LogP contribution in [0.4, 0.5) is 11.4 Å². The quantitative estimate of drug-likeness (QED) is 0.169. The molecular weight excluding hydrogens is 777 g/mol. The zero-order valence-corrected chi connectivity index (χ0v) is 35.1. The first kappa shape index (κ1) is 35.5.